The van der Waals surface area contributed by atoms with Crippen molar-refractivity contribution in [2.24, 2.45) is 52.3 Å². The van der Waals surface area contributed by atoms with E-state index in [1.54, 1.807) is 0 Å². The van der Waals surface area contributed by atoms with Crippen LogP contribution in [0.25, 0.3) is 0 Å². The molecule has 0 amide bonds. The van der Waals surface area contributed by atoms with Crippen LogP contribution >= 0.6 is 0 Å². The molecule has 0 unspecified atom stereocenters. The van der Waals surface area contributed by atoms with E-state index in [-0.39, 0.29) is 11.2 Å². The van der Waals surface area contributed by atoms with Gasteiger partial charge in [-0.1, -0.05) is 65.3 Å². The van der Waals surface area contributed by atoms with E-state index < -0.39 is 0 Å². The number of carbonyl (C=O) groups excluding carboxylic acids is 1. The van der Waals surface area contributed by atoms with E-state index in [9.17, 15) is 4.79 Å². The van der Waals surface area contributed by atoms with Gasteiger partial charge >= 0.3 is 0 Å². The molecule has 1 heteroatoms. The highest BCUT2D eigenvalue weighted by molar-refractivity contribution is 6.01. The summed E-state index contributed by atoms with van der Waals surface area (Å²) in [5, 5.41) is 0. The molecule has 0 aromatic heterocycles. The van der Waals surface area contributed by atoms with Crippen LogP contribution in [0, 0.1) is 52.3 Å². The van der Waals surface area contributed by atoms with Crippen LogP contribution in [-0.2, 0) is 4.79 Å². The summed E-state index contributed by atoms with van der Waals surface area (Å²) in [6, 6.07) is 0. The fourth-order valence-electron chi connectivity index (χ4n) is 8.38. The van der Waals surface area contributed by atoms with E-state index in [0.29, 0.717) is 11.3 Å². The van der Waals surface area contributed by atoms with Gasteiger partial charge in [-0.05, 0) is 104 Å². The predicted molar refractivity (Wildman–Crippen MR) is 127 cm³/mol. The summed E-state index contributed by atoms with van der Waals surface area (Å²) in [6.07, 6.45) is 20.4. The maximum absolute atomic E-state index is 12.0. The van der Waals surface area contributed by atoms with E-state index >= 15 is 0 Å². The van der Waals surface area contributed by atoms with E-state index in [1.807, 2.05) is 12.2 Å². The van der Waals surface area contributed by atoms with Crippen LogP contribution in [-0.4, -0.2) is 5.78 Å². The lowest BCUT2D eigenvalue weighted by Crippen LogP contribution is -2.50. The summed E-state index contributed by atoms with van der Waals surface area (Å²) in [6.45, 7) is 14.6. The van der Waals surface area contributed by atoms with Gasteiger partial charge in [0.05, 0.1) is 0 Å². The van der Waals surface area contributed by atoms with Crippen LogP contribution in [0.2, 0.25) is 0 Å². The second-order valence-electron chi connectivity index (χ2n) is 11.9. The third-order valence-electron chi connectivity index (χ3n) is 10.3. The van der Waals surface area contributed by atoms with Crippen LogP contribution < -0.4 is 0 Å². The smallest absolute Gasteiger partial charge is 0.178 e. The number of carbonyl (C=O) groups is 1. The highest BCUT2D eigenvalue weighted by Crippen LogP contribution is 2.67. The van der Waals surface area contributed by atoms with Gasteiger partial charge in [0, 0.05) is 5.41 Å². The Hall–Kier alpha value is -1.11. The number of fused-ring (bicyclic) bond motifs is 5. The second kappa shape index (κ2) is 8.10. The third-order valence-corrected chi connectivity index (χ3v) is 10.3. The van der Waals surface area contributed by atoms with Crippen LogP contribution in [0.5, 0.6) is 0 Å². The fourth-order valence-corrected chi connectivity index (χ4v) is 8.38. The molecule has 166 valence electrons. The van der Waals surface area contributed by atoms with Gasteiger partial charge in [0.1, 0.15) is 0 Å². The maximum Gasteiger partial charge on any atom is 0.178 e. The molecule has 0 spiro atoms. The molecular formula is C29H44O. The molecule has 0 N–H and O–H groups in total. The fraction of sp³-hybridized carbons (Fsp3) is 0.759. The molecular weight excluding hydrogens is 364 g/mol. The summed E-state index contributed by atoms with van der Waals surface area (Å²) in [4.78, 5) is 12.0. The van der Waals surface area contributed by atoms with E-state index in [1.165, 1.54) is 44.1 Å². The summed E-state index contributed by atoms with van der Waals surface area (Å²) in [7, 11) is 0. The number of ketones is 1. The lowest BCUT2D eigenvalue weighted by atomic mass is 9.47. The third kappa shape index (κ3) is 3.49. The van der Waals surface area contributed by atoms with Crippen molar-refractivity contribution in [1.82, 2.24) is 0 Å². The first-order chi connectivity index (χ1) is 14.2. The highest BCUT2D eigenvalue weighted by atomic mass is 16.1. The highest BCUT2D eigenvalue weighted by Gasteiger charge is 2.58. The molecule has 0 aromatic rings. The Balaban J connectivity index is 1.53. The molecule has 0 radical (unpaired) electrons. The minimum absolute atomic E-state index is 0.132. The van der Waals surface area contributed by atoms with Crippen LogP contribution in [0.15, 0.2) is 36.0 Å². The molecule has 4 rings (SSSR count). The van der Waals surface area contributed by atoms with E-state index in [0.717, 1.165) is 41.9 Å². The van der Waals surface area contributed by atoms with Gasteiger partial charge in [-0.15, -0.1) is 0 Å². The molecule has 8 atom stereocenters. The number of allylic oxidation sites excluding steroid dienone is 6. The number of rotatable bonds is 5. The standard InChI is InChI=1S/C29H44O/c1-7-21(19(2)3)9-8-20(4)25-12-13-26-24-11-10-22-18-23(30)14-16-28(22,5)27(24)15-17-29(25,26)6/h8-9,14,16,18-21,24-27H,7,10-13,15,17H2,1-6H3/b9-8-/t20-,21-,24+,25+,26-,27-,28+,29-/m0/s1. The maximum atomic E-state index is 12.0. The first kappa shape index (κ1) is 22.1. The van der Waals surface area contributed by atoms with Crippen LogP contribution in [0.1, 0.15) is 86.5 Å². The molecule has 4 aliphatic carbocycles. The zero-order chi connectivity index (χ0) is 21.7. The van der Waals surface area contributed by atoms with Crippen molar-refractivity contribution in [1.29, 1.82) is 0 Å². The zero-order valence-electron chi connectivity index (χ0n) is 20.3. The van der Waals surface area contributed by atoms with Crippen molar-refractivity contribution in [2.75, 3.05) is 0 Å². The molecule has 0 heterocycles. The largest absolute Gasteiger partial charge is 0.290 e. The Morgan fingerprint density at radius 3 is 2.53 bits per heavy atom. The SMILES string of the molecule is CC[C@@H](/C=C\[C@H](C)[C@H]1CC[C@H]2[C@H]3CCC4=CC(=O)C=C[C@@]4(C)[C@H]3CC[C@@]12C)C(C)C. The average Bonchev–Trinajstić information content (AvgIpc) is 3.06. The molecule has 1 nitrogen and oxygen atoms in total. The van der Waals surface area contributed by atoms with Crippen LogP contribution in [0.4, 0.5) is 0 Å². The normalized spacial score (nSPS) is 42.6. The van der Waals surface area contributed by atoms with Crippen molar-refractivity contribution >= 4 is 5.78 Å². The topological polar surface area (TPSA) is 17.1 Å². The van der Waals surface area contributed by atoms with Crippen molar-refractivity contribution in [3.63, 3.8) is 0 Å². The number of hydrogen-bond acceptors (Lipinski definition) is 1. The van der Waals surface area contributed by atoms with Crippen molar-refractivity contribution in [3.8, 4) is 0 Å². The molecule has 4 aliphatic rings. The average molecular weight is 409 g/mol. The Bertz CT molecular complexity index is 754. The summed E-state index contributed by atoms with van der Waals surface area (Å²) in [5.74, 6) is 5.62. The predicted octanol–water partition coefficient (Wildman–Crippen LogP) is 7.79. The molecule has 0 aliphatic heterocycles. The van der Waals surface area contributed by atoms with Gasteiger partial charge in [-0.3, -0.25) is 4.79 Å². The van der Waals surface area contributed by atoms with Crippen molar-refractivity contribution in [2.45, 2.75) is 86.5 Å². The Kier molecular flexibility index (Phi) is 5.97. The quantitative estimate of drug-likeness (QED) is 0.424. The van der Waals surface area contributed by atoms with E-state index in [2.05, 4.69) is 59.8 Å². The molecule has 30 heavy (non-hydrogen) atoms. The second-order valence-corrected chi connectivity index (χ2v) is 11.9. The van der Waals surface area contributed by atoms with Crippen molar-refractivity contribution < 1.29 is 4.79 Å². The lowest BCUT2D eigenvalue weighted by Gasteiger charge is -2.57. The molecule has 0 saturated heterocycles. The Labute approximate surface area is 185 Å². The minimum atomic E-state index is 0.132. The number of hydrogen-bond donors (Lipinski definition) is 0. The van der Waals surface area contributed by atoms with Crippen LogP contribution in [0.3, 0.4) is 0 Å². The first-order valence-electron chi connectivity index (χ1n) is 12.8. The minimum Gasteiger partial charge on any atom is -0.290 e. The summed E-state index contributed by atoms with van der Waals surface area (Å²) >= 11 is 0. The summed E-state index contributed by atoms with van der Waals surface area (Å²) < 4.78 is 0. The Morgan fingerprint density at radius 1 is 1.07 bits per heavy atom. The molecule has 3 fully saturated rings. The van der Waals surface area contributed by atoms with Gasteiger partial charge in [0.25, 0.3) is 0 Å². The van der Waals surface area contributed by atoms with Gasteiger partial charge in [0.15, 0.2) is 5.78 Å². The lowest BCUT2D eigenvalue weighted by molar-refractivity contribution is -0.111. The van der Waals surface area contributed by atoms with Gasteiger partial charge in [-0.25, -0.2) is 0 Å². The molecule has 0 aromatic carbocycles. The zero-order valence-corrected chi connectivity index (χ0v) is 20.3. The first-order valence-corrected chi connectivity index (χ1v) is 12.8. The molecule has 3 saturated carbocycles. The molecule has 0 bridgehead atoms. The summed E-state index contributed by atoms with van der Waals surface area (Å²) in [5.41, 5.74) is 2.05. The van der Waals surface area contributed by atoms with Crippen molar-refractivity contribution in [3.05, 3.63) is 36.0 Å². The van der Waals surface area contributed by atoms with Gasteiger partial charge in [-0.2, -0.15) is 0 Å². The van der Waals surface area contributed by atoms with Gasteiger partial charge in [0.2, 0.25) is 0 Å². The Morgan fingerprint density at radius 2 is 1.83 bits per heavy atom. The monoisotopic (exact) mass is 408 g/mol. The van der Waals surface area contributed by atoms with E-state index in [4.69, 9.17) is 0 Å². The van der Waals surface area contributed by atoms with Gasteiger partial charge < -0.3 is 0 Å².